The van der Waals surface area contributed by atoms with E-state index in [0.29, 0.717) is 49.2 Å². The van der Waals surface area contributed by atoms with Gasteiger partial charge in [0.2, 0.25) is 17.6 Å². The summed E-state index contributed by atoms with van der Waals surface area (Å²) in [5.74, 6) is 0.982. The molecule has 136 valence electrons. The maximum Gasteiger partial charge on any atom is 0.246 e. The smallest absolute Gasteiger partial charge is 0.246 e. The number of hydrogen-bond acceptors (Lipinski definition) is 6. The molecule has 0 saturated carbocycles. The van der Waals surface area contributed by atoms with Crippen LogP contribution in [0, 0.1) is 0 Å². The number of rotatable bonds is 5. The molecule has 0 aromatic heterocycles. The van der Waals surface area contributed by atoms with Crippen molar-refractivity contribution in [2.75, 3.05) is 43.1 Å². The molecule has 1 saturated heterocycles. The van der Waals surface area contributed by atoms with E-state index in [1.807, 2.05) is 13.8 Å². The molecule has 3 rings (SSSR count). The monoisotopic (exact) mass is 366 g/mol. The third-order valence-electron chi connectivity index (χ3n) is 3.76. The Morgan fingerprint density at radius 1 is 1.16 bits per heavy atom. The zero-order valence-electron chi connectivity index (χ0n) is 14.4. The maximum absolute atomic E-state index is 12.0. The van der Waals surface area contributed by atoms with E-state index in [0.717, 1.165) is 0 Å². The number of carbonyl (C=O) groups excluding carboxylic acids is 2. The second kappa shape index (κ2) is 7.53. The molecule has 2 aliphatic rings. The Bertz CT molecular complexity index is 658. The van der Waals surface area contributed by atoms with E-state index in [9.17, 15) is 9.59 Å². The van der Waals surface area contributed by atoms with Gasteiger partial charge < -0.3 is 24.4 Å². The minimum atomic E-state index is -0.694. The Labute approximate surface area is 151 Å². The van der Waals surface area contributed by atoms with Crippen LogP contribution in [0.25, 0.3) is 0 Å². The Morgan fingerprint density at radius 3 is 2.64 bits per heavy atom. The first-order valence-corrected chi connectivity index (χ1v) is 9.34. The molecule has 1 N–H and O–H groups in total. The quantitative estimate of drug-likeness (QED) is 0.855. The molecule has 1 aromatic carbocycles. The second-order valence-electron chi connectivity index (χ2n) is 6.30. The van der Waals surface area contributed by atoms with Crippen LogP contribution in [0.1, 0.15) is 13.8 Å². The summed E-state index contributed by atoms with van der Waals surface area (Å²) in [5.41, 5.74) is 0.644. The third-order valence-corrected chi connectivity index (χ3v) is 4.68. The minimum absolute atomic E-state index is 0.0476. The fraction of sp³-hybridized carbons (Fsp3) is 0.529. The standard InChI is InChI=1S/C17H22N2O5S/c1-17(2)23-13-4-3-12(9-14(13)24-17)18-15(20)10-25-11-16(21)19-5-7-22-8-6-19/h3-4,9H,5-8,10-11H2,1-2H3,(H,18,20). The van der Waals surface area contributed by atoms with Gasteiger partial charge in [-0.25, -0.2) is 0 Å². The lowest BCUT2D eigenvalue weighted by Gasteiger charge is -2.26. The largest absolute Gasteiger partial charge is 0.449 e. The van der Waals surface area contributed by atoms with Crippen LogP contribution < -0.4 is 14.8 Å². The van der Waals surface area contributed by atoms with Gasteiger partial charge in [0.1, 0.15) is 0 Å². The van der Waals surface area contributed by atoms with Gasteiger partial charge in [0, 0.05) is 38.7 Å². The highest BCUT2D eigenvalue weighted by Gasteiger charge is 2.31. The second-order valence-corrected chi connectivity index (χ2v) is 7.29. The summed E-state index contributed by atoms with van der Waals surface area (Å²) < 4.78 is 16.5. The predicted molar refractivity (Wildman–Crippen MR) is 95.1 cm³/mol. The van der Waals surface area contributed by atoms with E-state index in [1.54, 1.807) is 23.1 Å². The van der Waals surface area contributed by atoms with Crippen LogP contribution >= 0.6 is 11.8 Å². The third kappa shape index (κ3) is 4.79. The first kappa shape index (κ1) is 17.9. The molecule has 2 heterocycles. The molecule has 1 aromatic rings. The number of benzene rings is 1. The summed E-state index contributed by atoms with van der Waals surface area (Å²) in [4.78, 5) is 25.8. The van der Waals surface area contributed by atoms with Crippen LogP contribution in [-0.2, 0) is 14.3 Å². The number of amides is 2. The summed E-state index contributed by atoms with van der Waals surface area (Å²) in [6.45, 7) is 6.06. The highest BCUT2D eigenvalue weighted by Crippen LogP contribution is 2.40. The topological polar surface area (TPSA) is 77.1 Å². The molecule has 8 heteroatoms. The van der Waals surface area contributed by atoms with Crippen molar-refractivity contribution in [2.45, 2.75) is 19.6 Å². The zero-order valence-corrected chi connectivity index (χ0v) is 15.2. The van der Waals surface area contributed by atoms with Gasteiger partial charge >= 0.3 is 0 Å². The first-order chi connectivity index (χ1) is 11.9. The Morgan fingerprint density at radius 2 is 1.88 bits per heavy atom. The van der Waals surface area contributed by atoms with Crippen LogP contribution in [-0.4, -0.2) is 60.3 Å². The number of morpholine rings is 1. The van der Waals surface area contributed by atoms with Crippen molar-refractivity contribution in [3.63, 3.8) is 0 Å². The van der Waals surface area contributed by atoms with Gasteiger partial charge in [0.05, 0.1) is 24.7 Å². The number of nitrogens with one attached hydrogen (secondary N) is 1. The molecule has 1 fully saturated rings. The fourth-order valence-electron chi connectivity index (χ4n) is 2.63. The number of nitrogens with zero attached hydrogens (tertiary/aromatic N) is 1. The average Bonchev–Trinajstić information content (AvgIpc) is 2.88. The molecule has 25 heavy (non-hydrogen) atoms. The van der Waals surface area contributed by atoms with Gasteiger partial charge in [-0.1, -0.05) is 0 Å². The molecule has 0 unspecified atom stereocenters. The number of hydrogen-bond donors (Lipinski definition) is 1. The van der Waals surface area contributed by atoms with E-state index in [1.165, 1.54) is 11.8 Å². The van der Waals surface area contributed by atoms with Crippen LogP contribution in [0.15, 0.2) is 18.2 Å². The molecule has 0 spiro atoms. The molecule has 2 amide bonds. The van der Waals surface area contributed by atoms with Gasteiger partial charge in [-0.05, 0) is 12.1 Å². The number of carbonyl (C=O) groups is 2. The lowest BCUT2D eigenvalue weighted by atomic mass is 10.3. The average molecular weight is 366 g/mol. The summed E-state index contributed by atoms with van der Waals surface area (Å²) >= 11 is 1.31. The van der Waals surface area contributed by atoms with E-state index in [2.05, 4.69) is 5.32 Å². The van der Waals surface area contributed by atoms with Crippen LogP contribution in [0.4, 0.5) is 5.69 Å². The van der Waals surface area contributed by atoms with E-state index in [4.69, 9.17) is 14.2 Å². The van der Waals surface area contributed by atoms with Crippen molar-refractivity contribution in [3.05, 3.63) is 18.2 Å². The Balaban J connectivity index is 1.43. The molecule has 0 bridgehead atoms. The predicted octanol–water partition coefficient (Wildman–Crippen LogP) is 1.72. The van der Waals surface area contributed by atoms with Crippen molar-refractivity contribution in [2.24, 2.45) is 0 Å². The number of thioether (sulfide) groups is 1. The van der Waals surface area contributed by atoms with E-state index < -0.39 is 5.79 Å². The summed E-state index contributed by atoms with van der Waals surface area (Å²) in [6.07, 6.45) is 0. The Kier molecular flexibility index (Phi) is 5.39. The van der Waals surface area contributed by atoms with Crippen molar-refractivity contribution in [1.29, 1.82) is 0 Å². The van der Waals surface area contributed by atoms with Gasteiger partial charge in [-0.15, -0.1) is 11.8 Å². The summed E-state index contributed by atoms with van der Waals surface area (Å²) in [7, 11) is 0. The molecule has 0 atom stereocenters. The van der Waals surface area contributed by atoms with E-state index in [-0.39, 0.29) is 17.6 Å². The SMILES string of the molecule is CC1(C)Oc2ccc(NC(=O)CSCC(=O)N3CCOCC3)cc2O1. The van der Waals surface area contributed by atoms with Crippen molar-refractivity contribution in [1.82, 2.24) is 4.90 Å². The summed E-state index contributed by atoms with van der Waals surface area (Å²) in [5, 5.41) is 2.81. The van der Waals surface area contributed by atoms with Crippen LogP contribution in [0.2, 0.25) is 0 Å². The molecule has 7 nitrogen and oxygen atoms in total. The molecular formula is C17H22N2O5S. The molecule has 2 aliphatic heterocycles. The Hall–Kier alpha value is -1.93. The maximum atomic E-state index is 12.0. The van der Waals surface area contributed by atoms with Crippen LogP contribution in [0.3, 0.4) is 0 Å². The van der Waals surface area contributed by atoms with Gasteiger partial charge in [0.15, 0.2) is 11.5 Å². The highest BCUT2D eigenvalue weighted by atomic mass is 32.2. The first-order valence-electron chi connectivity index (χ1n) is 8.18. The highest BCUT2D eigenvalue weighted by molar-refractivity contribution is 8.00. The molecule has 0 aliphatic carbocycles. The molecular weight excluding hydrogens is 344 g/mol. The number of fused-ring (bicyclic) bond motifs is 1. The van der Waals surface area contributed by atoms with Crippen LogP contribution in [0.5, 0.6) is 11.5 Å². The number of ether oxygens (including phenoxy) is 3. The fourth-order valence-corrected chi connectivity index (χ4v) is 3.35. The van der Waals surface area contributed by atoms with Gasteiger partial charge in [-0.3, -0.25) is 9.59 Å². The minimum Gasteiger partial charge on any atom is -0.449 e. The van der Waals surface area contributed by atoms with Crippen molar-refractivity contribution < 1.29 is 23.8 Å². The number of anilines is 1. The lowest BCUT2D eigenvalue weighted by Crippen LogP contribution is -2.41. The molecule has 0 radical (unpaired) electrons. The van der Waals surface area contributed by atoms with Crippen molar-refractivity contribution in [3.8, 4) is 11.5 Å². The van der Waals surface area contributed by atoms with Gasteiger partial charge in [-0.2, -0.15) is 0 Å². The van der Waals surface area contributed by atoms with E-state index >= 15 is 0 Å². The lowest BCUT2D eigenvalue weighted by molar-refractivity contribution is -0.132. The normalized spacial score (nSPS) is 18.1. The van der Waals surface area contributed by atoms with Gasteiger partial charge in [0.25, 0.3) is 0 Å². The zero-order chi connectivity index (χ0) is 17.9. The van der Waals surface area contributed by atoms with Crippen molar-refractivity contribution >= 4 is 29.3 Å². The summed E-state index contributed by atoms with van der Waals surface area (Å²) in [6, 6.07) is 5.28.